The van der Waals surface area contributed by atoms with Crippen molar-refractivity contribution in [1.29, 1.82) is 0 Å². The van der Waals surface area contributed by atoms with Crippen LogP contribution < -0.4 is 5.32 Å². The summed E-state index contributed by atoms with van der Waals surface area (Å²) in [7, 11) is 1.57. The molecule has 1 aromatic rings. The van der Waals surface area contributed by atoms with Crippen LogP contribution in [0, 0.1) is 23.4 Å². The predicted molar refractivity (Wildman–Crippen MR) is 84.7 cm³/mol. The van der Waals surface area contributed by atoms with Crippen molar-refractivity contribution in [2.24, 2.45) is 5.92 Å². The van der Waals surface area contributed by atoms with Gasteiger partial charge in [0.1, 0.15) is 17.5 Å². The van der Waals surface area contributed by atoms with Crippen molar-refractivity contribution >= 4 is 11.7 Å². The Balaban J connectivity index is 1.89. The molecule has 0 saturated carbocycles. The number of rotatable bonds is 7. The van der Waals surface area contributed by atoms with E-state index >= 15 is 0 Å². The van der Waals surface area contributed by atoms with Crippen LogP contribution in [0.25, 0.3) is 0 Å². The molecule has 0 unspecified atom stereocenters. The van der Waals surface area contributed by atoms with E-state index in [1.54, 1.807) is 12.0 Å². The molecule has 0 aromatic heterocycles. The predicted octanol–water partition coefficient (Wildman–Crippen LogP) is 1.76. The molecule has 0 aliphatic carbocycles. The number of Topliss-reactive ketones (excluding diaryl/α,β-unsaturated/α-hetero) is 1. The van der Waals surface area contributed by atoms with Crippen LogP contribution in [0.1, 0.15) is 23.2 Å². The summed E-state index contributed by atoms with van der Waals surface area (Å²) >= 11 is 0. The first-order valence-electron chi connectivity index (χ1n) is 8.10. The molecule has 1 aromatic carbocycles. The topological polar surface area (TPSA) is 58.6 Å². The third-order valence-electron chi connectivity index (χ3n) is 4.23. The highest BCUT2D eigenvalue weighted by Crippen LogP contribution is 2.25. The first kappa shape index (κ1) is 19.4. The van der Waals surface area contributed by atoms with E-state index in [-0.39, 0.29) is 12.5 Å². The van der Waals surface area contributed by atoms with E-state index in [9.17, 15) is 22.8 Å². The number of nitrogens with zero attached hydrogens (tertiary/aromatic N) is 1. The SMILES string of the molecule is COCCNCC(=O)N1CCC(C(=O)c2c(F)cc(F)cc2F)CC1. The average Bonchev–Trinajstić information content (AvgIpc) is 2.57. The first-order valence-corrected chi connectivity index (χ1v) is 8.10. The Hall–Kier alpha value is -1.93. The van der Waals surface area contributed by atoms with Crippen LogP contribution in [0.15, 0.2) is 12.1 Å². The van der Waals surface area contributed by atoms with Gasteiger partial charge in [-0.25, -0.2) is 13.2 Å². The summed E-state index contributed by atoms with van der Waals surface area (Å²) in [6.07, 6.45) is 0.637. The molecule has 1 saturated heterocycles. The van der Waals surface area contributed by atoms with E-state index in [2.05, 4.69) is 5.32 Å². The van der Waals surface area contributed by atoms with Gasteiger partial charge in [-0.1, -0.05) is 0 Å². The molecule has 0 atom stereocenters. The lowest BCUT2D eigenvalue weighted by atomic mass is 9.88. The number of carbonyl (C=O) groups excluding carboxylic acids is 2. The quantitative estimate of drug-likeness (QED) is 0.596. The van der Waals surface area contributed by atoms with Crippen LogP contribution in [0.4, 0.5) is 13.2 Å². The Morgan fingerprint density at radius 3 is 2.36 bits per heavy atom. The molecule has 0 radical (unpaired) electrons. The van der Waals surface area contributed by atoms with Gasteiger partial charge >= 0.3 is 0 Å². The molecule has 5 nitrogen and oxygen atoms in total. The second-order valence-electron chi connectivity index (χ2n) is 5.93. The maximum absolute atomic E-state index is 13.7. The number of hydrogen-bond donors (Lipinski definition) is 1. The van der Waals surface area contributed by atoms with E-state index < -0.39 is 34.7 Å². The van der Waals surface area contributed by atoms with E-state index in [4.69, 9.17) is 4.74 Å². The van der Waals surface area contributed by atoms with Crippen molar-refractivity contribution in [3.63, 3.8) is 0 Å². The monoisotopic (exact) mass is 358 g/mol. The second kappa shape index (κ2) is 8.96. The molecule has 0 bridgehead atoms. The normalized spacial score (nSPS) is 15.4. The lowest BCUT2D eigenvalue weighted by Gasteiger charge is -2.31. The molecule has 25 heavy (non-hydrogen) atoms. The molecule has 2 rings (SSSR count). The van der Waals surface area contributed by atoms with Gasteiger partial charge < -0.3 is 15.0 Å². The van der Waals surface area contributed by atoms with Gasteiger partial charge in [0, 0.05) is 44.8 Å². The minimum Gasteiger partial charge on any atom is -0.383 e. The van der Waals surface area contributed by atoms with Crippen molar-refractivity contribution in [2.45, 2.75) is 12.8 Å². The zero-order valence-electron chi connectivity index (χ0n) is 14.0. The van der Waals surface area contributed by atoms with Crippen molar-refractivity contribution < 1.29 is 27.5 Å². The average molecular weight is 358 g/mol. The molecule has 1 aliphatic rings. The summed E-state index contributed by atoms with van der Waals surface area (Å²) in [5.74, 6) is -4.80. The Labute approximate surface area is 144 Å². The maximum Gasteiger partial charge on any atom is 0.236 e. The van der Waals surface area contributed by atoms with E-state index in [0.29, 0.717) is 51.2 Å². The van der Waals surface area contributed by atoms with Crippen LogP contribution in [0.2, 0.25) is 0 Å². The lowest BCUT2D eigenvalue weighted by molar-refractivity contribution is -0.131. The summed E-state index contributed by atoms with van der Waals surface area (Å²) in [4.78, 5) is 26.0. The van der Waals surface area contributed by atoms with Gasteiger partial charge in [-0.2, -0.15) is 0 Å². The number of methoxy groups -OCH3 is 1. The molecule has 8 heteroatoms. The molecule has 138 valence electrons. The van der Waals surface area contributed by atoms with Crippen LogP contribution in [0.3, 0.4) is 0 Å². The smallest absolute Gasteiger partial charge is 0.236 e. The fourth-order valence-electron chi connectivity index (χ4n) is 2.85. The maximum atomic E-state index is 13.7. The van der Waals surface area contributed by atoms with Gasteiger partial charge in [0.05, 0.1) is 18.7 Å². The minimum absolute atomic E-state index is 0.0962. The number of ketones is 1. The highest BCUT2D eigenvalue weighted by atomic mass is 19.1. The number of ether oxygens (including phenoxy) is 1. The molecule has 1 fully saturated rings. The number of halogens is 3. The van der Waals surface area contributed by atoms with Gasteiger partial charge in [-0.05, 0) is 12.8 Å². The molecule has 1 N–H and O–H groups in total. The lowest BCUT2D eigenvalue weighted by Crippen LogP contribution is -2.44. The standard InChI is InChI=1S/C17H21F3N2O3/c1-25-7-4-21-10-15(23)22-5-2-11(3-6-22)17(24)16-13(19)8-12(18)9-14(16)20/h8-9,11,21H,2-7,10H2,1H3. The van der Waals surface area contributed by atoms with E-state index in [1.807, 2.05) is 0 Å². The summed E-state index contributed by atoms with van der Waals surface area (Å²) < 4.78 is 45.3. The van der Waals surface area contributed by atoms with Crippen LogP contribution in [-0.2, 0) is 9.53 Å². The van der Waals surface area contributed by atoms with Gasteiger partial charge in [-0.3, -0.25) is 9.59 Å². The van der Waals surface area contributed by atoms with E-state index in [0.717, 1.165) is 0 Å². The largest absolute Gasteiger partial charge is 0.383 e. The molecular formula is C17H21F3N2O3. The Morgan fingerprint density at radius 1 is 1.20 bits per heavy atom. The van der Waals surface area contributed by atoms with Crippen LogP contribution >= 0.6 is 0 Å². The number of hydrogen-bond acceptors (Lipinski definition) is 4. The highest BCUT2D eigenvalue weighted by Gasteiger charge is 2.31. The van der Waals surface area contributed by atoms with Gasteiger partial charge in [-0.15, -0.1) is 0 Å². The molecule has 1 amide bonds. The van der Waals surface area contributed by atoms with Gasteiger partial charge in [0.2, 0.25) is 5.91 Å². The number of carbonyl (C=O) groups is 2. The van der Waals surface area contributed by atoms with Crippen molar-refractivity contribution in [3.05, 3.63) is 35.1 Å². The first-order chi connectivity index (χ1) is 11.9. The molecule has 1 aliphatic heterocycles. The number of nitrogens with one attached hydrogen (secondary N) is 1. The fourth-order valence-corrected chi connectivity index (χ4v) is 2.85. The van der Waals surface area contributed by atoms with Gasteiger partial charge in [0.25, 0.3) is 0 Å². The summed E-state index contributed by atoms with van der Waals surface area (Å²) in [5.41, 5.74) is -0.701. The number of amides is 1. The van der Waals surface area contributed by atoms with Crippen molar-refractivity contribution in [2.75, 3.05) is 39.9 Å². The van der Waals surface area contributed by atoms with E-state index in [1.165, 1.54) is 0 Å². The van der Waals surface area contributed by atoms with Crippen LogP contribution in [-0.4, -0.2) is 56.5 Å². The van der Waals surface area contributed by atoms with Gasteiger partial charge in [0.15, 0.2) is 5.78 Å². The van der Waals surface area contributed by atoms with Crippen LogP contribution in [0.5, 0.6) is 0 Å². The fraction of sp³-hybridized carbons (Fsp3) is 0.529. The zero-order chi connectivity index (χ0) is 18.4. The molecule has 1 heterocycles. The van der Waals surface area contributed by atoms with Crippen molar-refractivity contribution in [1.82, 2.24) is 10.2 Å². The zero-order valence-corrected chi connectivity index (χ0v) is 14.0. The third-order valence-corrected chi connectivity index (χ3v) is 4.23. The molecule has 0 spiro atoms. The minimum atomic E-state index is -1.19. The summed E-state index contributed by atoms with van der Waals surface area (Å²) in [5, 5.41) is 2.95. The van der Waals surface area contributed by atoms with Crippen molar-refractivity contribution in [3.8, 4) is 0 Å². The third kappa shape index (κ3) is 5.02. The highest BCUT2D eigenvalue weighted by molar-refractivity contribution is 5.98. The summed E-state index contributed by atoms with van der Waals surface area (Å²) in [6.45, 7) is 1.90. The second-order valence-corrected chi connectivity index (χ2v) is 5.93. The number of piperidine rings is 1. The Morgan fingerprint density at radius 2 is 1.80 bits per heavy atom. The summed E-state index contributed by atoms with van der Waals surface area (Å²) in [6, 6.07) is 1.00. The molecular weight excluding hydrogens is 337 g/mol. The Bertz CT molecular complexity index is 609. The Kier molecular flexibility index (Phi) is 6.95. The number of benzene rings is 1. The number of likely N-dealkylation sites (tertiary alicyclic amines) is 1.